The Morgan fingerprint density at radius 2 is 2.17 bits per heavy atom. The van der Waals surface area contributed by atoms with Gasteiger partial charge in [-0.05, 0) is 12.1 Å². The number of hydrogen-bond donors (Lipinski definition) is 1. The van der Waals surface area contributed by atoms with E-state index in [0.717, 1.165) is 10.9 Å². The summed E-state index contributed by atoms with van der Waals surface area (Å²) in [5.41, 5.74) is 1.05. The fourth-order valence-corrected chi connectivity index (χ4v) is 2.31. The Hall–Kier alpha value is -2.96. The first-order chi connectivity index (χ1) is 11.2. The van der Waals surface area contributed by atoms with E-state index in [0.29, 0.717) is 30.2 Å². The highest BCUT2D eigenvalue weighted by molar-refractivity contribution is 5.97. The number of aryl methyl sites for hydroxylation is 1. The van der Waals surface area contributed by atoms with Gasteiger partial charge in [-0.3, -0.25) is 9.48 Å². The summed E-state index contributed by atoms with van der Waals surface area (Å²) in [6.45, 7) is 0.444. The molecule has 0 atom stereocenters. The van der Waals surface area contributed by atoms with Crippen LogP contribution in [0.5, 0.6) is 5.75 Å². The summed E-state index contributed by atoms with van der Waals surface area (Å²) in [5, 5.41) is 7.87. The van der Waals surface area contributed by atoms with Crippen LogP contribution >= 0.6 is 0 Å². The number of benzene rings is 1. The Kier molecular flexibility index (Phi) is 4.18. The summed E-state index contributed by atoms with van der Waals surface area (Å²) in [7, 11) is 3.39. The molecule has 0 fully saturated rings. The van der Waals surface area contributed by atoms with E-state index in [1.165, 1.54) is 0 Å². The fraction of sp³-hybridized carbons (Fsp3) is 0.250. The van der Waals surface area contributed by atoms with Gasteiger partial charge in [-0.25, -0.2) is 9.97 Å². The van der Waals surface area contributed by atoms with Crippen molar-refractivity contribution in [2.45, 2.75) is 6.42 Å². The van der Waals surface area contributed by atoms with Gasteiger partial charge >= 0.3 is 0 Å². The zero-order valence-electron chi connectivity index (χ0n) is 13.0. The molecule has 0 aliphatic rings. The summed E-state index contributed by atoms with van der Waals surface area (Å²) in [4.78, 5) is 20.8. The SMILES string of the molecule is COc1cc(C(=O)NCCc2ncn(C)n2)nc2ccccc12. The molecular weight excluding hydrogens is 294 g/mol. The van der Waals surface area contributed by atoms with Gasteiger partial charge in [-0.1, -0.05) is 12.1 Å². The lowest BCUT2D eigenvalue weighted by atomic mass is 10.1. The molecule has 0 aliphatic heterocycles. The van der Waals surface area contributed by atoms with Crippen LogP contribution in [-0.4, -0.2) is 39.3 Å². The van der Waals surface area contributed by atoms with Gasteiger partial charge < -0.3 is 10.1 Å². The van der Waals surface area contributed by atoms with Crippen LogP contribution in [0.1, 0.15) is 16.3 Å². The first-order valence-electron chi connectivity index (χ1n) is 7.24. The molecule has 0 radical (unpaired) electrons. The van der Waals surface area contributed by atoms with Crippen molar-refractivity contribution in [3.63, 3.8) is 0 Å². The molecule has 0 saturated carbocycles. The number of carbonyl (C=O) groups is 1. The fourth-order valence-electron chi connectivity index (χ4n) is 2.31. The van der Waals surface area contributed by atoms with Gasteiger partial charge in [0, 0.05) is 31.5 Å². The Labute approximate surface area is 133 Å². The zero-order chi connectivity index (χ0) is 16.2. The summed E-state index contributed by atoms with van der Waals surface area (Å²) >= 11 is 0. The molecule has 0 saturated heterocycles. The lowest BCUT2D eigenvalue weighted by molar-refractivity contribution is 0.0949. The van der Waals surface area contributed by atoms with E-state index in [9.17, 15) is 4.79 Å². The maximum Gasteiger partial charge on any atom is 0.270 e. The molecule has 0 bridgehead atoms. The number of ether oxygens (including phenoxy) is 1. The number of methoxy groups -OCH3 is 1. The van der Waals surface area contributed by atoms with Gasteiger partial charge in [0.15, 0.2) is 5.82 Å². The topological polar surface area (TPSA) is 81.9 Å². The maximum absolute atomic E-state index is 12.3. The van der Waals surface area contributed by atoms with Crippen LogP contribution in [0.3, 0.4) is 0 Å². The quantitative estimate of drug-likeness (QED) is 0.769. The summed E-state index contributed by atoms with van der Waals surface area (Å²) in [5.74, 6) is 1.08. The van der Waals surface area contributed by atoms with Crippen molar-refractivity contribution in [3.8, 4) is 5.75 Å². The zero-order valence-corrected chi connectivity index (χ0v) is 13.0. The molecule has 118 valence electrons. The van der Waals surface area contributed by atoms with Crippen molar-refractivity contribution < 1.29 is 9.53 Å². The molecule has 2 heterocycles. The molecule has 7 nitrogen and oxygen atoms in total. The van der Waals surface area contributed by atoms with Crippen molar-refractivity contribution in [2.75, 3.05) is 13.7 Å². The normalized spacial score (nSPS) is 10.7. The average Bonchev–Trinajstić information content (AvgIpc) is 2.99. The van der Waals surface area contributed by atoms with Crippen molar-refractivity contribution in [1.82, 2.24) is 25.1 Å². The number of aromatic nitrogens is 4. The molecule has 0 spiro atoms. The van der Waals surface area contributed by atoms with Gasteiger partial charge in [0.1, 0.15) is 17.8 Å². The van der Waals surface area contributed by atoms with E-state index in [1.807, 2.05) is 24.3 Å². The Balaban J connectivity index is 1.72. The molecule has 23 heavy (non-hydrogen) atoms. The van der Waals surface area contributed by atoms with E-state index in [2.05, 4.69) is 20.4 Å². The minimum absolute atomic E-state index is 0.245. The van der Waals surface area contributed by atoms with Gasteiger partial charge in [0.25, 0.3) is 5.91 Å². The van der Waals surface area contributed by atoms with Crippen LogP contribution in [0.2, 0.25) is 0 Å². The predicted molar refractivity (Wildman–Crippen MR) is 85.3 cm³/mol. The Morgan fingerprint density at radius 1 is 1.35 bits per heavy atom. The third-order valence-corrected chi connectivity index (χ3v) is 3.41. The first-order valence-corrected chi connectivity index (χ1v) is 7.24. The number of pyridine rings is 1. The molecule has 1 aromatic carbocycles. The molecule has 0 aliphatic carbocycles. The summed E-state index contributed by atoms with van der Waals surface area (Å²) in [6.07, 6.45) is 2.20. The van der Waals surface area contributed by atoms with E-state index in [4.69, 9.17) is 4.74 Å². The van der Waals surface area contributed by atoms with Gasteiger partial charge in [0.05, 0.1) is 12.6 Å². The summed E-state index contributed by atoms with van der Waals surface area (Å²) in [6, 6.07) is 9.20. The number of nitrogens with zero attached hydrogens (tertiary/aromatic N) is 4. The molecule has 3 rings (SSSR count). The van der Waals surface area contributed by atoms with Crippen LogP contribution in [0.25, 0.3) is 10.9 Å². The smallest absolute Gasteiger partial charge is 0.270 e. The second-order valence-corrected chi connectivity index (χ2v) is 5.07. The van der Waals surface area contributed by atoms with Gasteiger partial charge in [0.2, 0.25) is 0 Å². The number of nitrogens with one attached hydrogen (secondary N) is 1. The lowest BCUT2D eigenvalue weighted by Crippen LogP contribution is -2.26. The minimum atomic E-state index is -0.245. The highest BCUT2D eigenvalue weighted by Gasteiger charge is 2.12. The third-order valence-electron chi connectivity index (χ3n) is 3.41. The lowest BCUT2D eigenvalue weighted by Gasteiger charge is -2.08. The molecule has 3 aromatic rings. The number of amides is 1. The van der Waals surface area contributed by atoms with Crippen molar-refractivity contribution >= 4 is 16.8 Å². The molecule has 7 heteroatoms. The standard InChI is InChI=1S/C16H17N5O2/c1-21-10-18-15(20-21)7-8-17-16(22)13-9-14(23-2)11-5-3-4-6-12(11)19-13/h3-6,9-10H,7-8H2,1-2H3,(H,17,22). The molecular formula is C16H17N5O2. The largest absolute Gasteiger partial charge is 0.496 e. The maximum atomic E-state index is 12.3. The molecule has 1 N–H and O–H groups in total. The van der Waals surface area contributed by atoms with Crippen LogP contribution in [0.4, 0.5) is 0 Å². The number of fused-ring (bicyclic) bond motifs is 1. The van der Waals surface area contributed by atoms with Crippen LogP contribution in [0.15, 0.2) is 36.7 Å². The van der Waals surface area contributed by atoms with Crippen molar-refractivity contribution in [3.05, 3.63) is 48.2 Å². The second-order valence-electron chi connectivity index (χ2n) is 5.07. The number of hydrogen-bond acceptors (Lipinski definition) is 5. The van der Waals surface area contributed by atoms with Crippen molar-refractivity contribution in [1.29, 1.82) is 0 Å². The van der Waals surface area contributed by atoms with Crippen LogP contribution in [-0.2, 0) is 13.5 Å². The second kappa shape index (κ2) is 6.43. The minimum Gasteiger partial charge on any atom is -0.496 e. The van der Waals surface area contributed by atoms with E-state index in [-0.39, 0.29) is 5.91 Å². The van der Waals surface area contributed by atoms with Crippen LogP contribution in [0, 0.1) is 0 Å². The number of para-hydroxylation sites is 1. The highest BCUT2D eigenvalue weighted by atomic mass is 16.5. The monoisotopic (exact) mass is 311 g/mol. The van der Waals surface area contributed by atoms with E-state index >= 15 is 0 Å². The highest BCUT2D eigenvalue weighted by Crippen LogP contribution is 2.24. The van der Waals surface area contributed by atoms with E-state index < -0.39 is 0 Å². The molecule has 0 unspecified atom stereocenters. The van der Waals surface area contributed by atoms with Gasteiger partial charge in [-0.15, -0.1) is 0 Å². The Morgan fingerprint density at radius 3 is 2.91 bits per heavy atom. The first kappa shape index (κ1) is 15.0. The number of carbonyl (C=O) groups excluding carboxylic acids is 1. The van der Waals surface area contributed by atoms with Gasteiger partial charge in [-0.2, -0.15) is 5.10 Å². The summed E-state index contributed by atoms with van der Waals surface area (Å²) < 4.78 is 6.98. The molecule has 1 amide bonds. The number of rotatable bonds is 5. The third kappa shape index (κ3) is 3.28. The van der Waals surface area contributed by atoms with Crippen molar-refractivity contribution in [2.24, 2.45) is 7.05 Å². The average molecular weight is 311 g/mol. The molecule has 2 aromatic heterocycles. The van der Waals surface area contributed by atoms with E-state index in [1.54, 1.807) is 31.2 Å². The predicted octanol–water partition coefficient (Wildman–Crippen LogP) is 1.34. The Bertz CT molecular complexity index is 843. The van der Waals surface area contributed by atoms with Crippen LogP contribution < -0.4 is 10.1 Å².